The average molecular weight is 372 g/mol. The van der Waals surface area contributed by atoms with Crippen LogP contribution in [0.4, 0.5) is 11.4 Å². The van der Waals surface area contributed by atoms with Crippen molar-refractivity contribution in [1.29, 1.82) is 0 Å². The zero-order valence-electron chi connectivity index (χ0n) is 13.2. The molecule has 0 saturated carbocycles. The fraction of sp³-hybridized carbons (Fsp3) is 0.0556. The number of aromatic nitrogens is 1. The van der Waals surface area contributed by atoms with Gasteiger partial charge in [0.2, 0.25) is 11.8 Å². The van der Waals surface area contributed by atoms with Gasteiger partial charge in [-0.3, -0.25) is 9.59 Å². The highest BCUT2D eigenvalue weighted by atomic mass is 35.5. The average Bonchev–Trinajstić information content (AvgIpc) is 2.98. The summed E-state index contributed by atoms with van der Waals surface area (Å²) in [5, 5.41) is 6.47. The lowest BCUT2D eigenvalue weighted by Crippen LogP contribution is -2.10. The summed E-state index contributed by atoms with van der Waals surface area (Å²) in [6, 6.07) is 12.7. The van der Waals surface area contributed by atoms with E-state index in [0.717, 1.165) is 15.2 Å². The van der Waals surface area contributed by atoms with Gasteiger partial charge in [-0.25, -0.2) is 4.98 Å². The quantitative estimate of drug-likeness (QED) is 0.660. The van der Waals surface area contributed by atoms with E-state index in [1.54, 1.807) is 24.3 Å². The smallest absolute Gasteiger partial charge is 0.248 e. The fourth-order valence-electron chi connectivity index (χ4n) is 2.18. The molecular formula is C18H14ClN3O2S. The molecule has 0 spiro atoms. The lowest BCUT2D eigenvalue weighted by Gasteiger charge is -2.08. The second-order valence-corrected chi connectivity index (χ2v) is 6.69. The Morgan fingerprint density at radius 2 is 1.96 bits per heavy atom. The Labute approximate surface area is 153 Å². The number of halogens is 1. The van der Waals surface area contributed by atoms with E-state index in [4.69, 9.17) is 11.6 Å². The summed E-state index contributed by atoms with van der Waals surface area (Å²) < 4.78 is 1.06. The largest absolute Gasteiger partial charge is 0.326 e. The number of amides is 2. The first kappa shape index (κ1) is 17.1. The normalized spacial score (nSPS) is 11.0. The van der Waals surface area contributed by atoms with Crippen LogP contribution in [-0.4, -0.2) is 16.8 Å². The summed E-state index contributed by atoms with van der Waals surface area (Å²) >= 11 is 7.59. The number of hydrogen-bond donors (Lipinski definition) is 2. The molecule has 0 saturated heterocycles. The highest BCUT2D eigenvalue weighted by Gasteiger charge is 2.06. The van der Waals surface area contributed by atoms with Crippen LogP contribution >= 0.6 is 22.9 Å². The van der Waals surface area contributed by atoms with Crippen LogP contribution in [0, 0.1) is 0 Å². The second-order valence-electron chi connectivity index (χ2n) is 5.22. The van der Waals surface area contributed by atoms with Crippen molar-refractivity contribution in [1.82, 2.24) is 4.98 Å². The van der Waals surface area contributed by atoms with E-state index in [1.807, 2.05) is 24.3 Å². The summed E-state index contributed by atoms with van der Waals surface area (Å²) in [6.07, 6.45) is 3.06. The summed E-state index contributed by atoms with van der Waals surface area (Å²) in [5.41, 5.74) is 1.88. The number of fused-ring (bicyclic) bond motifs is 1. The third-order valence-electron chi connectivity index (χ3n) is 3.23. The van der Waals surface area contributed by atoms with Crippen LogP contribution < -0.4 is 10.6 Å². The molecule has 0 aliphatic rings. The van der Waals surface area contributed by atoms with Gasteiger partial charge in [-0.05, 0) is 36.4 Å². The van der Waals surface area contributed by atoms with Gasteiger partial charge in [0.05, 0.1) is 20.9 Å². The Hall–Kier alpha value is -2.70. The van der Waals surface area contributed by atoms with Crippen molar-refractivity contribution in [2.45, 2.75) is 6.92 Å². The van der Waals surface area contributed by atoms with Gasteiger partial charge in [0.15, 0.2) is 0 Å². The minimum Gasteiger partial charge on any atom is -0.326 e. The van der Waals surface area contributed by atoms with Crippen LogP contribution in [0.3, 0.4) is 0 Å². The number of benzene rings is 2. The van der Waals surface area contributed by atoms with Crippen LogP contribution in [0.25, 0.3) is 16.3 Å². The Balaban J connectivity index is 1.72. The number of hydrogen-bond acceptors (Lipinski definition) is 4. The Bertz CT molecular complexity index is 948. The Morgan fingerprint density at radius 3 is 2.72 bits per heavy atom. The molecule has 126 valence electrons. The topological polar surface area (TPSA) is 71.1 Å². The van der Waals surface area contributed by atoms with E-state index in [1.165, 1.54) is 24.3 Å². The van der Waals surface area contributed by atoms with Gasteiger partial charge in [0, 0.05) is 18.7 Å². The third kappa shape index (κ3) is 4.43. The number of anilines is 2. The van der Waals surface area contributed by atoms with Gasteiger partial charge < -0.3 is 10.6 Å². The first-order chi connectivity index (χ1) is 12.0. The maximum atomic E-state index is 12.1. The molecular weight excluding hydrogens is 358 g/mol. The molecule has 25 heavy (non-hydrogen) atoms. The SMILES string of the molecule is CC(=O)Nc1ccc(Cl)c(NC(=O)/C=C/c2nc3ccccc3s2)c1. The number of nitrogens with zero attached hydrogens (tertiary/aromatic N) is 1. The monoisotopic (exact) mass is 371 g/mol. The van der Waals surface area contributed by atoms with Crippen molar-refractivity contribution in [2.24, 2.45) is 0 Å². The molecule has 3 aromatic rings. The van der Waals surface area contributed by atoms with Crippen molar-refractivity contribution < 1.29 is 9.59 Å². The molecule has 0 bridgehead atoms. The van der Waals surface area contributed by atoms with Gasteiger partial charge in [-0.2, -0.15) is 0 Å². The van der Waals surface area contributed by atoms with Crippen molar-refractivity contribution in [3.05, 3.63) is 58.6 Å². The summed E-state index contributed by atoms with van der Waals surface area (Å²) in [5.74, 6) is -0.531. The summed E-state index contributed by atoms with van der Waals surface area (Å²) in [7, 11) is 0. The first-order valence-electron chi connectivity index (χ1n) is 7.43. The number of thiazole rings is 1. The van der Waals surface area contributed by atoms with Crippen LogP contribution in [0.5, 0.6) is 0 Å². The molecule has 1 heterocycles. The summed E-state index contributed by atoms with van der Waals surface area (Å²) in [6.45, 7) is 1.41. The Morgan fingerprint density at radius 1 is 1.16 bits per heavy atom. The predicted molar refractivity (Wildman–Crippen MR) is 103 cm³/mol. The number of nitrogens with one attached hydrogen (secondary N) is 2. The molecule has 0 aliphatic carbocycles. The number of carbonyl (C=O) groups excluding carboxylic acids is 2. The Kier molecular flexibility index (Phi) is 5.11. The molecule has 0 aliphatic heterocycles. The van der Waals surface area contributed by atoms with Crippen LogP contribution in [0.2, 0.25) is 5.02 Å². The number of carbonyl (C=O) groups is 2. The van der Waals surface area contributed by atoms with Crippen molar-refractivity contribution >= 4 is 62.4 Å². The molecule has 5 nitrogen and oxygen atoms in total. The minimum absolute atomic E-state index is 0.199. The van der Waals surface area contributed by atoms with Gasteiger partial charge >= 0.3 is 0 Å². The molecule has 2 amide bonds. The highest BCUT2D eigenvalue weighted by Crippen LogP contribution is 2.26. The molecule has 0 unspecified atom stereocenters. The molecule has 0 fully saturated rings. The van der Waals surface area contributed by atoms with Crippen LogP contribution in [-0.2, 0) is 9.59 Å². The molecule has 0 atom stereocenters. The lowest BCUT2D eigenvalue weighted by molar-refractivity contribution is -0.114. The van der Waals surface area contributed by atoms with Crippen molar-refractivity contribution in [3.8, 4) is 0 Å². The van der Waals surface area contributed by atoms with Crippen LogP contribution in [0.1, 0.15) is 11.9 Å². The van der Waals surface area contributed by atoms with Crippen LogP contribution in [0.15, 0.2) is 48.5 Å². The maximum absolute atomic E-state index is 12.1. The van der Waals surface area contributed by atoms with Crippen molar-refractivity contribution in [3.63, 3.8) is 0 Å². The van der Waals surface area contributed by atoms with Gasteiger partial charge in [0.25, 0.3) is 0 Å². The maximum Gasteiger partial charge on any atom is 0.248 e. The van der Waals surface area contributed by atoms with E-state index in [2.05, 4.69) is 15.6 Å². The molecule has 1 aromatic heterocycles. The van der Waals surface area contributed by atoms with Gasteiger partial charge in [0.1, 0.15) is 5.01 Å². The highest BCUT2D eigenvalue weighted by molar-refractivity contribution is 7.19. The molecule has 2 aromatic carbocycles. The third-order valence-corrected chi connectivity index (χ3v) is 4.56. The van der Waals surface area contributed by atoms with E-state index in [9.17, 15) is 9.59 Å². The van der Waals surface area contributed by atoms with E-state index >= 15 is 0 Å². The van der Waals surface area contributed by atoms with Gasteiger partial charge in [-0.15, -0.1) is 11.3 Å². The number of rotatable bonds is 4. The zero-order valence-corrected chi connectivity index (χ0v) is 14.8. The van der Waals surface area contributed by atoms with Gasteiger partial charge in [-0.1, -0.05) is 23.7 Å². The van der Waals surface area contributed by atoms with Crippen molar-refractivity contribution in [2.75, 3.05) is 10.6 Å². The zero-order chi connectivity index (χ0) is 17.8. The van der Waals surface area contributed by atoms with E-state index in [0.29, 0.717) is 16.4 Å². The molecule has 0 radical (unpaired) electrons. The van der Waals surface area contributed by atoms with E-state index < -0.39 is 0 Å². The first-order valence-corrected chi connectivity index (χ1v) is 8.62. The van der Waals surface area contributed by atoms with E-state index in [-0.39, 0.29) is 11.8 Å². The standard InChI is InChI=1S/C18H14ClN3O2S/c1-11(23)20-12-6-7-13(19)15(10-12)21-17(24)8-9-18-22-14-4-2-3-5-16(14)25-18/h2-10H,1H3,(H,20,23)(H,21,24)/b9-8+. The molecule has 2 N–H and O–H groups in total. The lowest BCUT2D eigenvalue weighted by atomic mass is 10.2. The number of para-hydroxylation sites is 1. The molecule has 3 rings (SSSR count). The minimum atomic E-state index is -0.332. The fourth-order valence-corrected chi connectivity index (χ4v) is 3.22. The second kappa shape index (κ2) is 7.46. The summed E-state index contributed by atoms with van der Waals surface area (Å²) in [4.78, 5) is 27.7. The molecule has 7 heteroatoms. The predicted octanol–water partition coefficient (Wildman–Crippen LogP) is 4.56.